The number of piperidine rings is 1. The number of rotatable bonds is 7. The Morgan fingerprint density at radius 3 is 2.56 bits per heavy atom. The number of hydrogen-bond donors (Lipinski definition) is 0. The van der Waals surface area contributed by atoms with E-state index in [1.54, 1.807) is 0 Å². The van der Waals surface area contributed by atoms with Crippen molar-refractivity contribution in [3.05, 3.63) is 48.0 Å². The Balaban J connectivity index is 1.41. The average molecular weight is 367 g/mol. The van der Waals surface area contributed by atoms with Crippen LogP contribution in [0.3, 0.4) is 0 Å². The van der Waals surface area contributed by atoms with Crippen molar-refractivity contribution in [3.8, 4) is 0 Å². The molecule has 0 saturated carbocycles. The van der Waals surface area contributed by atoms with Crippen LogP contribution in [0, 0.1) is 0 Å². The zero-order valence-electron chi connectivity index (χ0n) is 16.0. The van der Waals surface area contributed by atoms with Crippen molar-refractivity contribution in [2.45, 2.75) is 51.3 Å². The van der Waals surface area contributed by atoms with Gasteiger partial charge < -0.3 is 9.64 Å². The minimum atomic E-state index is 0.322. The molecule has 27 heavy (non-hydrogen) atoms. The van der Waals surface area contributed by atoms with Crippen LogP contribution in [-0.2, 0) is 17.8 Å². The van der Waals surface area contributed by atoms with E-state index in [9.17, 15) is 0 Å². The Hall–Kier alpha value is -2.05. The van der Waals surface area contributed by atoms with E-state index in [2.05, 4.69) is 30.8 Å². The van der Waals surface area contributed by atoms with Crippen molar-refractivity contribution in [1.82, 2.24) is 19.9 Å². The second-order valence-electron chi connectivity index (χ2n) is 7.56. The van der Waals surface area contributed by atoms with Gasteiger partial charge in [0.15, 0.2) is 0 Å². The van der Waals surface area contributed by atoms with Crippen LogP contribution in [0.25, 0.3) is 0 Å². The molecule has 6 heteroatoms. The van der Waals surface area contributed by atoms with E-state index < -0.39 is 0 Å². The fraction of sp³-hybridized carbons (Fsp3) is 0.571. The first-order valence-corrected chi connectivity index (χ1v) is 10.2. The van der Waals surface area contributed by atoms with Gasteiger partial charge in [-0.15, -0.1) is 0 Å². The third kappa shape index (κ3) is 5.23. The molecule has 2 aromatic rings. The molecule has 0 amide bonds. The van der Waals surface area contributed by atoms with Crippen molar-refractivity contribution in [3.63, 3.8) is 0 Å². The highest BCUT2D eigenvalue weighted by Crippen LogP contribution is 2.18. The van der Waals surface area contributed by atoms with Crippen molar-refractivity contribution in [2.24, 2.45) is 0 Å². The van der Waals surface area contributed by atoms with Crippen molar-refractivity contribution < 1.29 is 4.74 Å². The van der Waals surface area contributed by atoms with Crippen molar-refractivity contribution in [2.75, 3.05) is 31.1 Å². The van der Waals surface area contributed by atoms with Crippen LogP contribution in [0.15, 0.2) is 36.8 Å². The molecule has 1 atom stereocenters. The van der Waals surface area contributed by atoms with E-state index in [-0.39, 0.29) is 0 Å². The molecule has 2 aliphatic heterocycles. The molecule has 2 saturated heterocycles. The fourth-order valence-electron chi connectivity index (χ4n) is 3.93. The molecule has 0 bridgehead atoms. The van der Waals surface area contributed by atoms with E-state index >= 15 is 0 Å². The normalized spacial score (nSPS) is 20.3. The van der Waals surface area contributed by atoms with Crippen LogP contribution in [0.1, 0.15) is 43.4 Å². The predicted octanol–water partition coefficient (Wildman–Crippen LogP) is 3.04. The lowest BCUT2D eigenvalue weighted by atomic mass is 10.1. The number of pyridine rings is 1. The summed E-state index contributed by atoms with van der Waals surface area (Å²) < 4.78 is 5.86. The second kappa shape index (κ2) is 9.24. The highest BCUT2D eigenvalue weighted by atomic mass is 16.5. The largest absolute Gasteiger partial charge is 0.377 e. The van der Waals surface area contributed by atoms with Crippen LogP contribution < -0.4 is 4.90 Å². The molecule has 2 fully saturated rings. The summed E-state index contributed by atoms with van der Waals surface area (Å²) in [6.45, 7) is 5.58. The summed E-state index contributed by atoms with van der Waals surface area (Å²) in [6, 6.07) is 6.09. The predicted molar refractivity (Wildman–Crippen MR) is 105 cm³/mol. The van der Waals surface area contributed by atoms with Gasteiger partial charge in [-0.25, -0.2) is 9.97 Å². The van der Waals surface area contributed by atoms with Gasteiger partial charge >= 0.3 is 0 Å². The smallest absolute Gasteiger partial charge is 0.225 e. The number of hydrogen-bond acceptors (Lipinski definition) is 6. The van der Waals surface area contributed by atoms with E-state index in [0.717, 1.165) is 69.4 Å². The first-order chi connectivity index (χ1) is 13.4. The zero-order valence-corrected chi connectivity index (χ0v) is 16.0. The summed E-state index contributed by atoms with van der Waals surface area (Å²) in [5, 5.41) is 0. The first kappa shape index (κ1) is 18.3. The lowest BCUT2D eigenvalue weighted by Gasteiger charge is -2.27. The van der Waals surface area contributed by atoms with Crippen LogP contribution >= 0.6 is 0 Å². The molecule has 0 spiro atoms. The van der Waals surface area contributed by atoms with Gasteiger partial charge in [0.2, 0.25) is 5.95 Å². The maximum Gasteiger partial charge on any atom is 0.225 e. The monoisotopic (exact) mass is 367 g/mol. The summed E-state index contributed by atoms with van der Waals surface area (Å²) in [5.41, 5.74) is 2.23. The van der Waals surface area contributed by atoms with Gasteiger partial charge in [-0.3, -0.25) is 9.88 Å². The standard InChI is InChI=1S/C21H29N5O/c1-4-10-26(11-5-1)21-23-13-18(14-24-21)15-25(17-20-8-6-12-27-20)16-19-7-2-3-9-22-19/h2-3,7,9,13-14,20H,1,4-6,8,10-12,15-17H2/t20-/m0/s1. The van der Waals surface area contributed by atoms with Gasteiger partial charge in [-0.2, -0.15) is 0 Å². The quantitative estimate of drug-likeness (QED) is 0.750. The fourth-order valence-corrected chi connectivity index (χ4v) is 3.93. The van der Waals surface area contributed by atoms with Gasteiger partial charge in [-0.05, 0) is 44.2 Å². The van der Waals surface area contributed by atoms with E-state index in [1.165, 1.54) is 19.3 Å². The molecule has 0 radical (unpaired) electrons. The maximum absolute atomic E-state index is 5.86. The number of aromatic nitrogens is 3. The van der Waals surface area contributed by atoms with Crippen LogP contribution in [-0.4, -0.2) is 52.2 Å². The zero-order chi connectivity index (χ0) is 18.3. The molecule has 0 N–H and O–H groups in total. The van der Waals surface area contributed by atoms with E-state index in [4.69, 9.17) is 4.74 Å². The van der Waals surface area contributed by atoms with Crippen molar-refractivity contribution in [1.29, 1.82) is 0 Å². The lowest BCUT2D eigenvalue weighted by Crippen LogP contribution is -2.32. The molecule has 6 nitrogen and oxygen atoms in total. The lowest BCUT2D eigenvalue weighted by molar-refractivity contribution is 0.0674. The third-order valence-electron chi connectivity index (χ3n) is 5.33. The molecule has 2 aliphatic rings. The van der Waals surface area contributed by atoms with Gasteiger partial charge in [0.25, 0.3) is 0 Å². The van der Waals surface area contributed by atoms with Gasteiger partial charge in [0.05, 0.1) is 11.8 Å². The molecule has 4 heterocycles. The van der Waals surface area contributed by atoms with Gasteiger partial charge in [-0.1, -0.05) is 6.07 Å². The Bertz CT molecular complexity index is 681. The van der Waals surface area contributed by atoms with Crippen LogP contribution in [0.4, 0.5) is 5.95 Å². The van der Waals surface area contributed by atoms with Crippen LogP contribution in [0.5, 0.6) is 0 Å². The highest BCUT2D eigenvalue weighted by molar-refractivity contribution is 5.30. The number of anilines is 1. The Morgan fingerprint density at radius 1 is 1.00 bits per heavy atom. The summed E-state index contributed by atoms with van der Waals surface area (Å²) in [6.07, 6.45) is 12.3. The SMILES string of the molecule is c1ccc(CN(Cc2cnc(N3CCCCC3)nc2)C[C@@H]2CCCO2)nc1. The van der Waals surface area contributed by atoms with Gasteiger partial charge in [0.1, 0.15) is 0 Å². The minimum absolute atomic E-state index is 0.322. The molecular weight excluding hydrogens is 338 g/mol. The summed E-state index contributed by atoms with van der Waals surface area (Å²) >= 11 is 0. The Kier molecular flexibility index (Phi) is 6.27. The Labute approximate surface area is 161 Å². The molecule has 0 aliphatic carbocycles. The number of ether oxygens (including phenoxy) is 1. The minimum Gasteiger partial charge on any atom is -0.377 e. The topological polar surface area (TPSA) is 54.4 Å². The second-order valence-corrected chi connectivity index (χ2v) is 7.56. The Morgan fingerprint density at radius 2 is 1.85 bits per heavy atom. The van der Waals surface area contributed by atoms with E-state index in [0.29, 0.717) is 6.10 Å². The van der Waals surface area contributed by atoms with Crippen molar-refractivity contribution >= 4 is 5.95 Å². The molecule has 144 valence electrons. The summed E-state index contributed by atoms with van der Waals surface area (Å²) in [4.78, 5) is 18.5. The van der Waals surface area contributed by atoms with Crippen LogP contribution in [0.2, 0.25) is 0 Å². The maximum atomic E-state index is 5.86. The first-order valence-electron chi connectivity index (χ1n) is 10.2. The molecule has 0 unspecified atom stereocenters. The van der Waals surface area contributed by atoms with Gasteiger partial charge in [0, 0.05) is 63.5 Å². The third-order valence-corrected chi connectivity index (χ3v) is 5.33. The van der Waals surface area contributed by atoms with E-state index in [1.807, 2.05) is 30.7 Å². The summed E-state index contributed by atoms with van der Waals surface area (Å²) in [7, 11) is 0. The summed E-state index contributed by atoms with van der Waals surface area (Å²) in [5.74, 6) is 0.869. The number of nitrogens with zero attached hydrogens (tertiary/aromatic N) is 5. The molecular formula is C21H29N5O. The molecule has 0 aromatic carbocycles. The highest BCUT2D eigenvalue weighted by Gasteiger charge is 2.20. The molecule has 4 rings (SSSR count). The molecule has 2 aromatic heterocycles. The average Bonchev–Trinajstić information content (AvgIpc) is 3.23.